The first kappa shape index (κ1) is 14.2. The van der Waals surface area contributed by atoms with Crippen molar-refractivity contribution in [3.05, 3.63) is 34.6 Å². The Labute approximate surface area is 97.1 Å². The molecule has 0 unspecified atom stereocenters. The van der Waals surface area contributed by atoms with E-state index in [2.05, 4.69) is 0 Å². The van der Waals surface area contributed by atoms with E-state index < -0.39 is 49.3 Å². The zero-order valence-electron chi connectivity index (χ0n) is 8.23. The first-order valence-corrected chi connectivity index (χ1v) is 7.39. The first-order chi connectivity index (χ1) is 7.65. The van der Waals surface area contributed by atoms with E-state index in [4.69, 9.17) is 0 Å². The molecule has 17 heavy (non-hydrogen) atoms. The van der Waals surface area contributed by atoms with Gasteiger partial charge in [-0.15, -0.1) is 0 Å². The lowest BCUT2D eigenvalue weighted by Crippen LogP contribution is -2.07. The first-order valence-electron chi connectivity index (χ1n) is 4.00. The van der Waals surface area contributed by atoms with Crippen molar-refractivity contribution in [1.29, 1.82) is 0 Å². The van der Waals surface area contributed by atoms with Gasteiger partial charge in [0.1, 0.15) is 0 Å². The molecular weight excluding hydrogens is 287 g/mol. The zero-order valence-corrected chi connectivity index (χ0v) is 9.86. The average molecular weight is 292 g/mol. The average Bonchev–Trinajstić information content (AvgIpc) is 2.22. The van der Waals surface area contributed by atoms with Gasteiger partial charge in [0.05, 0.1) is 0 Å². The third-order valence-electron chi connectivity index (χ3n) is 1.72. The van der Waals surface area contributed by atoms with E-state index >= 15 is 0 Å². The SMILES string of the molecule is CS(=O)(=O)SCc1c(F)c(F)c(F)c(F)c1F. The summed E-state index contributed by atoms with van der Waals surface area (Å²) in [4.78, 5) is 0. The largest absolute Gasteiger partial charge is 0.218 e. The predicted octanol–water partition coefficient (Wildman–Crippen LogP) is 2.57. The molecule has 0 bridgehead atoms. The third kappa shape index (κ3) is 3.09. The molecule has 0 atom stereocenters. The van der Waals surface area contributed by atoms with Crippen LogP contribution >= 0.6 is 10.8 Å². The Hall–Kier alpha value is -0.830. The molecule has 0 saturated heterocycles. The lowest BCUT2D eigenvalue weighted by Gasteiger charge is -2.06. The van der Waals surface area contributed by atoms with Crippen molar-refractivity contribution in [2.45, 2.75) is 5.75 Å². The number of benzene rings is 1. The molecule has 1 aromatic rings. The van der Waals surface area contributed by atoms with Gasteiger partial charge in [-0.3, -0.25) is 0 Å². The number of hydrogen-bond donors (Lipinski definition) is 0. The Morgan fingerprint density at radius 3 is 1.59 bits per heavy atom. The van der Waals surface area contributed by atoms with Gasteiger partial charge in [0, 0.05) is 17.6 Å². The normalized spacial score (nSPS) is 11.9. The summed E-state index contributed by atoms with van der Waals surface area (Å²) in [5.74, 6) is -11.3. The van der Waals surface area contributed by atoms with Gasteiger partial charge in [-0.25, -0.2) is 30.4 Å². The van der Waals surface area contributed by atoms with Crippen molar-refractivity contribution >= 4 is 19.7 Å². The Morgan fingerprint density at radius 2 is 1.24 bits per heavy atom. The molecule has 0 amide bonds. The molecule has 0 N–H and O–H groups in total. The van der Waals surface area contributed by atoms with Gasteiger partial charge in [-0.2, -0.15) is 0 Å². The summed E-state index contributed by atoms with van der Waals surface area (Å²) in [6.07, 6.45) is 0.754. The fourth-order valence-corrected chi connectivity index (χ4v) is 2.52. The highest BCUT2D eigenvalue weighted by atomic mass is 33.1. The van der Waals surface area contributed by atoms with E-state index in [-0.39, 0.29) is 10.8 Å². The van der Waals surface area contributed by atoms with Gasteiger partial charge in [-0.1, -0.05) is 0 Å². The van der Waals surface area contributed by atoms with E-state index in [0.29, 0.717) is 0 Å². The van der Waals surface area contributed by atoms with Crippen LogP contribution in [-0.4, -0.2) is 14.7 Å². The summed E-state index contributed by atoms with van der Waals surface area (Å²) < 4.78 is 85.6. The van der Waals surface area contributed by atoms with E-state index in [0.717, 1.165) is 6.26 Å². The van der Waals surface area contributed by atoms with E-state index in [1.54, 1.807) is 0 Å². The van der Waals surface area contributed by atoms with Gasteiger partial charge >= 0.3 is 0 Å². The zero-order chi connectivity index (χ0) is 13.4. The minimum absolute atomic E-state index is 0.0747. The Bertz CT molecular complexity index is 527. The van der Waals surface area contributed by atoms with Crippen LogP contribution in [0, 0.1) is 29.1 Å². The molecule has 0 aromatic heterocycles. The van der Waals surface area contributed by atoms with E-state index in [9.17, 15) is 30.4 Å². The highest BCUT2D eigenvalue weighted by Gasteiger charge is 2.26. The fourth-order valence-electron chi connectivity index (χ4n) is 0.943. The second-order valence-electron chi connectivity index (χ2n) is 3.01. The van der Waals surface area contributed by atoms with Gasteiger partial charge in [0.25, 0.3) is 0 Å². The molecule has 0 heterocycles. The summed E-state index contributed by atoms with van der Waals surface area (Å²) in [5.41, 5.74) is -1.16. The van der Waals surface area contributed by atoms with Gasteiger partial charge in [0.15, 0.2) is 32.1 Å². The quantitative estimate of drug-likeness (QED) is 0.372. The summed E-state index contributed by atoms with van der Waals surface area (Å²) >= 11 is 0. The van der Waals surface area contributed by atoms with Crippen LogP contribution in [0.25, 0.3) is 0 Å². The fraction of sp³-hybridized carbons (Fsp3) is 0.250. The Kier molecular flexibility index (Phi) is 4.03. The summed E-state index contributed by atoms with van der Waals surface area (Å²) in [6.45, 7) is 0. The van der Waals surface area contributed by atoms with E-state index in [1.165, 1.54) is 0 Å². The molecule has 9 heteroatoms. The lowest BCUT2D eigenvalue weighted by molar-refractivity contribution is 0.372. The van der Waals surface area contributed by atoms with Crippen molar-refractivity contribution < 1.29 is 30.4 Å². The van der Waals surface area contributed by atoms with Crippen LogP contribution in [0.1, 0.15) is 5.56 Å². The van der Waals surface area contributed by atoms with Crippen LogP contribution in [0.4, 0.5) is 22.0 Å². The molecule has 0 radical (unpaired) electrons. The molecule has 2 nitrogen and oxygen atoms in total. The molecule has 0 spiro atoms. The Morgan fingerprint density at radius 1 is 0.882 bits per heavy atom. The molecular formula is C8H5F5O2S2. The Balaban J connectivity index is 3.25. The number of halogens is 5. The van der Waals surface area contributed by atoms with Crippen molar-refractivity contribution in [3.63, 3.8) is 0 Å². The number of rotatable bonds is 3. The van der Waals surface area contributed by atoms with E-state index in [1.807, 2.05) is 0 Å². The summed E-state index contributed by atoms with van der Waals surface area (Å²) in [7, 11) is -3.57. The maximum absolute atomic E-state index is 13.0. The maximum atomic E-state index is 13.0. The smallest absolute Gasteiger partial charge is 0.200 e. The van der Waals surface area contributed by atoms with Gasteiger partial charge in [-0.05, 0) is 10.8 Å². The molecule has 0 aliphatic rings. The van der Waals surface area contributed by atoms with Gasteiger partial charge in [0.2, 0.25) is 5.82 Å². The molecule has 0 saturated carbocycles. The predicted molar refractivity (Wildman–Crippen MR) is 52.4 cm³/mol. The molecule has 0 aliphatic carbocycles. The molecule has 1 rings (SSSR count). The maximum Gasteiger partial charge on any atom is 0.200 e. The lowest BCUT2D eigenvalue weighted by atomic mass is 10.2. The molecule has 1 aromatic carbocycles. The van der Waals surface area contributed by atoms with Crippen molar-refractivity contribution in [3.8, 4) is 0 Å². The minimum Gasteiger partial charge on any atom is -0.218 e. The van der Waals surface area contributed by atoms with Crippen LogP contribution in [0.2, 0.25) is 0 Å². The molecule has 0 aliphatic heterocycles. The summed E-state index contributed by atoms with van der Waals surface area (Å²) in [5, 5.41) is 0. The van der Waals surface area contributed by atoms with Crippen LogP contribution < -0.4 is 0 Å². The van der Waals surface area contributed by atoms with Crippen molar-refractivity contribution in [2.24, 2.45) is 0 Å². The summed E-state index contributed by atoms with van der Waals surface area (Å²) in [6, 6.07) is 0. The van der Waals surface area contributed by atoms with Crippen LogP contribution in [0.3, 0.4) is 0 Å². The second-order valence-corrected chi connectivity index (χ2v) is 7.47. The number of hydrogen-bond acceptors (Lipinski definition) is 3. The molecule has 0 fully saturated rings. The van der Waals surface area contributed by atoms with Gasteiger partial charge < -0.3 is 0 Å². The van der Waals surface area contributed by atoms with Crippen LogP contribution in [0.15, 0.2) is 0 Å². The highest BCUT2D eigenvalue weighted by molar-refractivity contribution is 8.71. The highest BCUT2D eigenvalue weighted by Crippen LogP contribution is 2.27. The van der Waals surface area contributed by atoms with Crippen molar-refractivity contribution in [1.82, 2.24) is 0 Å². The van der Waals surface area contributed by atoms with Crippen LogP contribution in [0.5, 0.6) is 0 Å². The van der Waals surface area contributed by atoms with Crippen LogP contribution in [-0.2, 0) is 14.6 Å². The second kappa shape index (κ2) is 4.81. The third-order valence-corrected chi connectivity index (χ3v) is 4.19. The minimum atomic E-state index is -3.65. The van der Waals surface area contributed by atoms with Crippen molar-refractivity contribution in [2.75, 3.05) is 6.26 Å². The monoisotopic (exact) mass is 292 g/mol. The standard InChI is InChI=1S/C8H5F5O2S2/c1-17(14,15)16-2-3-4(9)6(11)8(13)7(12)5(3)10/h2H2,1H3. The topological polar surface area (TPSA) is 34.1 Å². The molecule has 96 valence electrons.